The molecule has 0 bridgehead atoms. The smallest absolute Gasteiger partial charge is 0.355 e. The van der Waals surface area contributed by atoms with Gasteiger partial charge in [0.2, 0.25) is 0 Å². The van der Waals surface area contributed by atoms with Crippen LogP contribution in [0.1, 0.15) is 33.7 Å². The lowest BCUT2D eigenvalue weighted by atomic mass is 10.1. The maximum atomic E-state index is 12.0. The topological polar surface area (TPSA) is 79.4 Å². The Kier molecular flexibility index (Phi) is 4.77. The van der Waals surface area contributed by atoms with Crippen LogP contribution in [0.5, 0.6) is 0 Å². The van der Waals surface area contributed by atoms with Crippen molar-refractivity contribution in [2.24, 2.45) is 0 Å². The molecule has 0 spiro atoms. The predicted octanol–water partition coefficient (Wildman–Crippen LogP) is 2.70. The highest BCUT2D eigenvalue weighted by Gasteiger charge is 2.13. The van der Waals surface area contributed by atoms with Crippen LogP contribution >= 0.6 is 0 Å². The number of hydrogen-bond donors (Lipinski definition) is 2. The van der Waals surface area contributed by atoms with Gasteiger partial charge in [0.25, 0.3) is 0 Å². The molecule has 0 radical (unpaired) electrons. The predicted molar refractivity (Wildman–Crippen MR) is 77.0 cm³/mol. The van der Waals surface area contributed by atoms with Crippen molar-refractivity contribution in [2.45, 2.75) is 26.4 Å². The fourth-order valence-electron chi connectivity index (χ4n) is 2.01. The zero-order chi connectivity index (χ0) is 15.2. The molecule has 1 heterocycles. The van der Waals surface area contributed by atoms with Crippen LogP contribution in [0.4, 0.5) is 0 Å². The van der Waals surface area contributed by atoms with Crippen LogP contribution in [0.25, 0.3) is 0 Å². The lowest BCUT2D eigenvalue weighted by Gasteiger charge is -2.03. The summed E-state index contributed by atoms with van der Waals surface area (Å²) >= 11 is 0. The minimum atomic E-state index is -0.858. The third-order valence-electron chi connectivity index (χ3n) is 3.16. The normalized spacial score (nSPS) is 10.3. The molecule has 0 unspecified atom stereocenters. The van der Waals surface area contributed by atoms with E-state index < -0.39 is 11.9 Å². The second kappa shape index (κ2) is 6.74. The fraction of sp³-hybridized carbons (Fsp3) is 0.250. The first kappa shape index (κ1) is 14.8. The van der Waals surface area contributed by atoms with E-state index in [1.807, 2.05) is 37.3 Å². The Morgan fingerprint density at radius 2 is 1.95 bits per heavy atom. The van der Waals surface area contributed by atoms with Crippen molar-refractivity contribution in [3.8, 4) is 0 Å². The average Bonchev–Trinajstić information content (AvgIpc) is 2.85. The minimum absolute atomic E-state index is 0.0389. The highest BCUT2D eigenvalue weighted by Crippen LogP contribution is 2.14. The number of carbonyl (C=O) groups excluding carboxylic acids is 1. The Hall–Kier alpha value is -2.56. The van der Waals surface area contributed by atoms with Gasteiger partial charge in [-0.15, -0.1) is 0 Å². The molecule has 0 fully saturated rings. The van der Waals surface area contributed by atoms with Gasteiger partial charge in [0.1, 0.15) is 12.3 Å². The molecule has 5 nitrogen and oxygen atoms in total. The molecular weight excluding hydrogens is 270 g/mol. The number of nitrogens with one attached hydrogen (secondary N) is 1. The van der Waals surface area contributed by atoms with Gasteiger partial charge in [0.15, 0.2) is 0 Å². The minimum Gasteiger partial charge on any atom is -0.481 e. The summed E-state index contributed by atoms with van der Waals surface area (Å²) in [5.41, 5.74) is 2.89. The highest BCUT2D eigenvalue weighted by atomic mass is 16.5. The molecule has 0 aliphatic carbocycles. The summed E-state index contributed by atoms with van der Waals surface area (Å²) in [6.07, 6.45) is 0.431. The van der Waals surface area contributed by atoms with Crippen molar-refractivity contribution in [1.82, 2.24) is 4.98 Å². The van der Waals surface area contributed by atoms with E-state index in [9.17, 15) is 9.59 Å². The molecule has 21 heavy (non-hydrogen) atoms. The molecule has 1 aromatic heterocycles. The Morgan fingerprint density at radius 3 is 2.62 bits per heavy atom. The molecule has 0 aliphatic heterocycles. The van der Waals surface area contributed by atoms with Crippen LogP contribution in [-0.4, -0.2) is 22.0 Å². The number of H-pyrrole nitrogens is 1. The fourth-order valence-corrected chi connectivity index (χ4v) is 2.01. The summed E-state index contributed by atoms with van der Waals surface area (Å²) in [6.45, 7) is 2.02. The number of carboxylic acids is 1. The van der Waals surface area contributed by atoms with Crippen LogP contribution in [0.15, 0.2) is 36.4 Å². The van der Waals surface area contributed by atoms with Crippen molar-refractivity contribution < 1.29 is 19.4 Å². The van der Waals surface area contributed by atoms with Gasteiger partial charge in [-0.25, -0.2) is 4.79 Å². The van der Waals surface area contributed by atoms with E-state index in [1.54, 1.807) is 6.07 Å². The van der Waals surface area contributed by atoms with Gasteiger partial charge in [-0.1, -0.05) is 30.3 Å². The number of hydrogen-bond acceptors (Lipinski definition) is 3. The van der Waals surface area contributed by atoms with Gasteiger partial charge in [-0.05, 0) is 30.5 Å². The Labute approximate surface area is 122 Å². The standard InChI is InChI=1S/C16H17NO4/c1-11-13(7-8-15(18)19)9-14(17-11)16(20)21-10-12-5-3-2-4-6-12/h2-6,9,17H,7-8,10H2,1H3,(H,18,19). The maximum Gasteiger partial charge on any atom is 0.355 e. The SMILES string of the molecule is Cc1[nH]c(C(=O)OCc2ccccc2)cc1CCC(=O)O. The van der Waals surface area contributed by atoms with E-state index in [0.29, 0.717) is 12.1 Å². The molecule has 2 rings (SSSR count). The zero-order valence-corrected chi connectivity index (χ0v) is 11.8. The molecule has 0 saturated carbocycles. The third-order valence-corrected chi connectivity index (χ3v) is 3.16. The number of aryl methyl sites for hydroxylation is 2. The summed E-state index contributed by atoms with van der Waals surface area (Å²) in [5, 5.41) is 8.69. The second-order valence-electron chi connectivity index (χ2n) is 4.79. The monoisotopic (exact) mass is 287 g/mol. The number of aliphatic carboxylic acids is 1. The van der Waals surface area contributed by atoms with E-state index in [0.717, 1.165) is 16.8 Å². The van der Waals surface area contributed by atoms with E-state index >= 15 is 0 Å². The lowest BCUT2D eigenvalue weighted by molar-refractivity contribution is -0.136. The number of ether oxygens (including phenoxy) is 1. The van der Waals surface area contributed by atoms with Crippen LogP contribution in [0.2, 0.25) is 0 Å². The maximum absolute atomic E-state index is 12.0. The molecule has 110 valence electrons. The summed E-state index contributed by atoms with van der Waals surface area (Å²) in [4.78, 5) is 25.5. The number of esters is 1. The quantitative estimate of drug-likeness (QED) is 0.801. The van der Waals surface area contributed by atoms with E-state index in [2.05, 4.69) is 4.98 Å². The molecule has 2 N–H and O–H groups in total. The zero-order valence-electron chi connectivity index (χ0n) is 11.8. The molecule has 0 aliphatic rings. The van der Waals surface area contributed by atoms with Crippen molar-refractivity contribution >= 4 is 11.9 Å². The highest BCUT2D eigenvalue weighted by molar-refractivity contribution is 5.88. The van der Waals surface area contributed by atoms with E-state index in [4.69, 9.17) is 9.84 Å². The molecular formula is C16H17NO4. The summed E-state index contributed by atoms with van der Waals surface area (Å²) in [7, 11) is 0. The number of aromatic nitrogens is 1. The number of carbonyl (C=O) groups is 2. The Bertz CT molecular complexity index is 631. The first-order valence-electron chi connectivity index (χ1n) is 6.67. The van der Waals surface area contributed by atoms with E-state index in [-0.39, 0.29) is 13.0 Å². The summed E-state index contributed by atoms with van der Waals surface area (Å²) in [6, 6.07) is 11.1. The van der Waals surface area contributed by atoms with Crippen LogP contribution in [-0.2, 0) is 22.6 Å². The van der Waals surface area contributed by atoms with Crippen LogP contribution < -0.4 is 0 Å². The number of carboxylic acid groups (broad SMARTS) is 1. The molecule has 0 atom stereocenters. The van der Waals surface area contributed by atoms with Crippen LogP contribution in [0, 0.1) is 6.92 Å². The second-order valence-corrected chi connectivity index (χ2v) is 4.79. The van der Waals surface area contributed by atoms with Crippen molar-refractivity contribution in [3.63, 3.8) is 0 Å². The summed E-state index contributed by atoms with van der Waals surface area (Å²) in [5.74, 6) is -1.30. The number of benzene rings is 1. The molecule has 0 amide bonds. The molecule has 2 aromatic rings. The van der Waals surface area contributed by atoms with Crippen molar-refractivity contribution in [1.29, 1.82) is 0 Å². The van der Waals surface area contributed by atoms with Gasteiger partial charge in [-0.2, -0.15) is 0 Å². The average molecular weight is 287 g/mol. The van der Waals surface area contributed by atoms with E-state index in [1.165, 1.54) is 0 Å². The van der Waals surface area contributed by atoms with Gasteiger partial charge in [-0.3, -0.25) is 4.79 Å². The largest absolute Gasteiger partial charge is 0.481 e. The molecule has 0 saturated heterocycles. The van der Waals surface area contributed by atoms with Gasteiger partial charge < -0.3 is 14.8 Å². The molecule has 5 heteroatoms. The summed E-state index contributed by atoms with van der Waals surface area (Å²) < 4.78 is 5.22. The van der Waals surface area contributed by atoms with Crippen molar-refractivity contribution in [2.75, 3.05) is 0 Å². The Morgan fingerprint density at radius 1 is 1.24 bits per heavy atom. The van der Waals surface area contributed by atoms with Gasteiger partial charge in [0.05, 0.1) is 0 Å². The first-order valence-corrected chi connectivity index (χ1v) is 6.67. The van der Waals surface area contributed by atoms with Crippen molar-refractivity contribution in [3.05, 3.63) is 58.9 Å². The van der Waals surface area contributed by atoms with Gasteiger partial charge >= 0.3 is 11.9 Å². The lowest BCUT2D eigenvalue weighted by Crippen LogP contribution is -2.05. The van der Waals surface area contributed by atoms with Gasteiger partial charge in [0, 0.05) is 12.1 Å². The Balaban J connectivity index is 1.96. The number of rotatable bonds is 6. The first-order chi connectivity index (χ1) is 10.1. The van der Waals surface area contributed by atoms with Crippen LogP contribution in [0.3, 0.4) is 0 Å². The number of aromatic amines is 1. The molecule has 1 aromatic carbocycles. The third kappa shape index (κ3) is 4.21.